The lowest BCUT2D eigenvalue weighted by Crippen LogP contribution is -2.09. The van der Waals surface area contributed by atoms with Crippen LogP contribution in [-0.4, -0.2) is 35.2 Å². The molecule has 0 fully saturated rings. The molecule has 3 aromatic carbocycles. The van der Waals surface area contributed by atoms with Crippen molar-refractivity contribution in [3.8, 4) is 27.7 Å². The minimum absolute atomic E-state index is 0.130. The van der Waals surface area contributed by atoms with E-state index in [0.29, 0.717) is 16.9 Å². The molecule has 4 aromatic rings. The molecule has 32 heavy (non-hydrogen) atoms. The van der Waals surface area contributed by atoms with E-state index in [-0.39, 0.29) is 36.5 Å². The third-order valence-corrected chi connectivity index (χ3v) is 6.01. The number of hydrogen-bond donors (Lipinski definition) is 2. The molecule has 0 bridgehead atoms. The average molecular weight is 448 g/mol. The zero-order valence-corrected chi connectivity index (χ0v) is 18.0. The van der Waals surface area contributed by atoms with E-state index in [2.05, 4.69) is 0 Å². The lowest BCUT2D eigenvalue weighted by Gasteiger charge is -2.08. The van der Waals surface area contributed by atoms with Gasteiger partial charge in [0.05, 0.1) is 0 Å². The summed E-state index contributed by atoms with van der Waals surface area (Å²) >= 11 is 1.41. The number of rotatable bonds is 7. The fourth-order valence-corrected chi connectivity index (χ4v) is 4.56. The van der Waals surface area contributed by atoms with Gasteiger partial charge >= 0.3 is 5.97 Å². The molecule has 4 rings (SSSR count). The summed E-state index contributed by atoms with van der Waals surface area (Å²) in [7, 11) is 0. The number of phenolic OH excluding ortho intramolecular Hbond substituents is 2. The summed E-state index contributed by atoms with van der Waals surface area (Å²) in [4.78, 5) is 25.1. The number of thiophene rings is 1. The molecule has 6 nitrogen and oxygen atoms in total. The van der Waals surface area contributed by atoms with Gasteiger partial charge in [0.15, 0.2) is 5.78 Å². The Morgan fingerprint density at radius 1 is 0.875 bits per heavy atom. The second kappa shape index (κ2) is 9.11. The largest absolute Gasteiger partial charge is 0.508 e. The summed E-state index contributed by atoms with van der Waals surface area (Å²) in [5.74, 6) is 0.314. The van der Waals surface area contributed by atoms with Gasteiger partial charge in [-0.25, -0.2) is 0 Å². The summed E-state index contributed by atoms with van der Waals surface area (Å²) in [6.45, 7) is 1.71. The Labute approximate surface area is 188 Å². The van der Waals surface area contributed by atoms with Crippen molar-refractivity contribution in [2.45, 2.75) is 6.92 Å². The van der Waals surface area contributed by atoms with E-state index >= 15 is 0 Å². The van der Waals surface area contributed by atoms with Crippen LogP contribution in [0.2, 0.25) is 0 Å². The quantitative estimate of drug-likeness (QED) is 0.231. The molecule has 1 aromatic heterocycles. The Kier molecular flexibility index (Phi) is 6.09. The highest BCUT2D eigenvalue weighted by atomic mass is 32.1. The van der Waals surface area contributed by atoms with Crippen molar-refractivity contribution in [1.82, 2.24) is 0 Å². The second-order valence-corrected chi connectivity index (χ2v) is 8.13. The topological polar surface area (TPSA) is 93.1 Å². The van der Waals surface area contributed by atoms with Crippen molar-refractivity contribution in [3.05, 3.63) is 77.9 Å². The zero-order chi connectivity index (χ0) is 22.7. The molecule has 0 aliphatic heterocycles. The molecule has 0 radical (unpaired) electrons. The van der Waals surface area contributed by atoms with Gasteiger partial charge in [0.25, 0.3) is 0 Å². The van der Waals surface area contributed by atoms with Crippen LogP contribution in [0.3, 0.4) is 0 Å². The van der Waals surface area contributed by atoms with Gasteiger partial charge < -0.3 is 19.7 Å². The molecule has 0 spiro atoms. The number of ether oxygens (including phenoxy) is 2. The Hall–Kier alpha value is -3.84. The van der Waals surface area contributed by atoms with Crippen LogP contribution in [0.4, 0.5) is 0 Å². The summed E-state index contributed by atoms with van der Waals surface area (Å²) < 4.78 is 11.2. The molecule has 0 aliphatic carbocycles. The Morgan fingerprint density at radius 2 is 1.56 bits per heavy atom. The third kappa shape index (κ3) is 4.58. The van der Waals surface area contributed by atoms with E-state index in [1.165, 1.54) is 18.3 Å². The van der Waals surface area contributed by atoms with Crippen molar-refractivity contribution < 1.29 is 29.3 Å². The number of hydrogen-bond acceptors (Lipinski definition) is 7. The highest BCUT2D eigenvalue weighted by Crippen LogP contribution is 2.41. The number of aromatic hydroxyl groups is 2. The van der Waals surface area contributed by atoms with Crippen LogP contribution < -0.4 is 4.74 Å². The molecule has 0 amide bonds. The molecule has 0 atom stereocenters. The van der Waals surface area contributed by atoms with Gasteiger partial charge in [-0.1, -0.05) is 0 Å². The number of esters is 1. The molecular formula is C25H20O6S. The van der Waals surface area contributed by atoms with Crippen molar-refractivity contribution in [2.24, 2.45) is 0 Å². The SMILES string of the molecule is CC(=O)OCCOc1ccc(C(=O)c2c(-c3ccc(O)cc3)sc3cc(O)ccc23)cc1. The van der Waals surface area contributed by atoms with Gasteiger partial charge in [-0.3, -0.25) is 9.59 Å². The van der Waals surface area contributed by atoms with Crippen molar-refractivity contribution in [3.63, 3.8) is 0 Å². The summed E-state index contributed by atoms with van der Waals surface area (Å²) in [5, 5.41) is 20.3. The molecule has 162 valence electrons. The van der Waals surface area contributed by atoms with Gasteiger partial charge in [-0.15, -0.1) is 11.3 Å². The van der Waals surface area contributed by atoms with Crippen molar-refractivity contribution in [2.75, 3.05) is 13.2 Å². The van der Waals surface area contributed by atoms with Gasteiger partial charge in [0.2, 0.25) is 0 Å². The highest BCUT2D eigenvalue weighted by molar-refractivity contribution is 7.22. The first-order valence-corrected chi connectivity index (χ1v) is 10.7. The highest BCUT2D eigenvalue weighted by Gasteiger charge is 2.22. The molecule has 2 N–H and O–H groups in total. The smallest absolute Gasteiger partial charge is 0.302 e. The maximum absolute atomic E-state index is 13.5. The van der Waals surface area contributed by atoms with E-state index in [0.717, 1.165) is 20.5 Å². The molecule has 0 saturated carbocycles. The Morgan fingerprint density at radius 3 is 2.25 bits per heavy atom. The molecule has 7 heteroatoms. The monoisotopic (exact) mass is 448 g/mol. The first kappa shape index (κ1) is 21.4. The normalized spacial score (nSPS) is 10.8. The second-order valence-electron chi connectivity index (χ2n) is 7.08. The molecule has 0 unspecified atom stereocenters. The Bertz CT molecular complexity index is 1270. The van der Waals surface area contributed by atoms with Crippen LogP contribution in [0.5, 0.6) is 17.2 Å². The summed E-state index contributed by atoms with van der Waals surface area (Å²) in [5.41, 5.74) is 1.83. The first-order valence-electron chi connectivity index (χ1n) is 9.88. The van der Waals surface area contributed by atoms with Crippen LogP contribution in [-0.2, 0) is 9.53 Å². The van der Waals surface area contributed by atoms with E-state index in [1.807, 2.05) is 0 Å². The standard InChI is InChI=1S/C25H20O6S/c1-15(26)30-12-13-31-20-9-4-16(5-10-20)24(29)23-21-11-8-19(28)14-22(21)32-25(23)17-2-6-18(27)7-3-17/h2-11,14,27-28H,12-13H2,1H3. The average Bonchev–Trinajstić information content (AvgIpc) is 3.15. The van der Waals surface area contributed by atoms with Gasteiger partial charge in [-0.2, -0.15) is 0 Å². The van der Waals surface area contributed by atoms with Gasteiger partial charge in [0, 0.05) is 33.0 Å². The first-order chi connectivity index (χ1) is 15.4. The van der Waals surface area contributed by atoms with Crippen molar-refractivity contribution in [1.29, 1.82) is 0 Å². The number of ketones is 1. The minimum Gasteiger partial charge on any atom is -0.508 e. The van der Waals surface area contributed by atoms with Crippen LogP contribution in [0.1, 0.15) is 22.8 Å². The number of phenols is 2. The maximum Gasteiger partial charge on any atom is 0.302 e. The zero-order valence-electron chi connectivity index (χ0n) is 17.2. The Balaban J connectivity index is 1.66. The molecular weight excluding hydrogens is 428 g/mol. The third-order valence-electron chi connectivity index (χ3n) is 4.80. The number of carbonyl (C=O) groups is 2. The number of fused-ring (bicyclic) bond motifs is 1. The maximum atomic E-state index is 13.5. The van der Waals surface area contributed by atoms with Crippen molar-refractivity contribution >= 4 is 33.2 Å². The number of benzene rings is 3. The van der Waals surface area contributed by atoms with Crippen LogP contribution in [0.15, 0.2) is 66.7 Å². The molecule has 0 aliphatic rings. The summed E-state index contributed by atoms with van der Waals surface area (Å²) in [6.07, 6.45) is 0. The number of carbonyl (C=O) groups excluding carboxylic acids is 2. The fraction of sp³-hybridized carbons (Fsp3) is 0.120. The van der Waals surface area contributed by atoms with Crippen LogP contribution >= 0.6 is 11.3 Å². The molecule has 1 heterocycles. The van der Waals surface area contributed by atoms with Crippen LogP contribution in [0.25, 0.3) is 20.5 Å². The lowest BCUT2D eigenvalue weighted by molar-refractivity contribution is -0.141. The van der Waals surface area contributed by atoms with E-state index in [1.54, 1.807) is 66.7 Å². The predicted molar refractivity (Wildman–Crippen MR) is 123 cm³/mol. The lowest BCUT2D eigenvalue weighted by atomic mass is 9.97. The van der Waals surface area contributed by atoms with Gasteiger partial charge in [-0.05, 0) is 72.3 Å². The van der Waals surface area contributed by atoms with E-state index in [4.69, 9.17) is 9.47 Å². The van der Waals surface area contributed by atoms with E-state index in [9.17, 15) is 19.8 Å². The molecule has 0 saturated heterocycles. The fourth-order valence-electron chi connectivity index (χ4n) is 3.32. The minimum atomic E-state index is -0.365. The predicted octanol–water partition coefficient (Wildman–Crippen LogP) is 5.15. The van der Waals surface area contributed by atoms with E-state index < -0.39 is 0 Å². The van der Waals surface area contributed by atoms with Crippen LogP contribution in [0, 0.1) is 0 Å². The summed E-state index contributed by atoms with van der Waals surface area (Å²) in [6, 6.07) is 18.4. The van der Waals surface area contributed by atoms with Gasteiger partial charge in [0.1, 0.15) is 30.5 Å².